The highest BCUT2D eigenvalue weighted by Crippen LogP contribution is 2.24. The molecule has 1 heterocycles. The van der Waals surface area contributed by atoms with Gasteiger partial charge in [-0.05, 0) is 18.6 Å². The molecule has 0 bridgehead atoms. The third-order valence-electron chi connectivity index (χ3n) is 2.81. The van der Waals surface area contributed by atoms with Crippen molar-refractivity contribution in [3.05, 3.63) is 29.8 Å². The molecule has 0 unspecified atom stereocenters. The van der Waals surface area contributed by atoms with Crippen LogP contribution < -0.4 is 4.74 Å². The van der Waals surface area contributed by atoms with Gasteiger partial charge in [0.15, 0.2) is 6.73 Å². The van der Waals surface area contributed by atoms with E-state index in [-0.39, 0.29) is 5.91 Å². The zero-order valence-corrected chi connectivity index (χ0v) is 9.61. The highest BCUT2D eigenvalue weighted by atomic mass is 16.5. The number of unbranched alkanes of at least 4 members (excludes halogenated alkanes) is 2. The van der Waals surface area contributed by atoms with Gasteiger partial charge in [0.25, 0.3) is 5.91 Å². The van der Waals surface area contributed by atoms with E-state index >= 15 is 0 Å². The molecule has 0 aromatic heterocycles. The number of fused-ring (bicyclic) bond motifs is 1. The molecule has 1 aromatic rings. The SMILES string of the molecule is CCCCCN1COc2ccccc2C1=O. The van der Waals surface area contributed by atoms with Crippen LogP contribution in [0, 0.1) is 0 Å². The summed E-state index contributed by atoms with van der Waals surface area (Å²) in [4.78, 5) is 13.8. The second-order valence-corrected chi connectivity index (χ2v) is 4.05. The topological polar surface area (TPSA) is 29.5 Å². The minimum Gasteiger partial charge on any atom is -0.472 e. The maximum atomic E-state index is 12.1. The first-order valence-corrected chi connectivity index (χ1v) is 5.84. The third-order valence-corrected chi connectivity index (χ3v) is 2.81. The summed E-state index contributed by atoms with van der Waals surface area (Å²) in [5.74, 6) is 0.803. The smallest absolute Gasteiger partial charge is 0.260 e. The van der Waals surface area contributed by atoms with Crippen LogP contribution in [0.2, 0.25) is 0 Å². The highest BCUT2D eigenvalue weighted by Gasteiger charge is 2.24. The number of benzene rings is 1. The zero-order valence-electron chi connectivity index (χ0n) is 9.61. The van der Waals surface area contributed by atoms with Crippen molar-refractivity contribution in [1.82, 2.24) is 4.90 Å². The van der Waals surface area contributed by atoms with Crippen LogP contribution in [0.5, 0.6) is 5.75 Å². The van der Waals surface area contributed by atoms with Crippen LogP contribution in [-0.2, 0) is 0 Å². The molecular weight excluding hydrogens is 202 g/mol. The Labute approximate surface area is 96.0 Å². The van der Waals surface area contributed by atoms with E-state index in [0.717, 1.165) is 19.4 Å². The molecule has 0 spiro atoms. The normalized spacial score (nSPS) is 14.6. The Hall–Kier alpha value is -1.51. The van der Waals surface area contributed by atoms with Gasteiger partial charge in [0.2, 0.25) is 0 Å². The van der Waals surface area contributed by atoms with Gasteiger partial charge >= 0.3 is 0 Å². The Morgan fingerprint density at radius 2 is 2.12 bits per heavy atom. The Balaban J connectivity index is 2.03. The predicted octanol–water partition coefficient (Wildman–Crippen LogP) is 2.67. The molecule has 0 radical (unpaired) electrons. The second-order valence-electron chi connectivity index (χ2n) is 4.05. The zero-order chi connectivity index (χ0) is 11.4. The standard InChI is InChI=1S/C13H17NO2/c1-2-3-6-9-14-10-16-12-8-5-4-7-11(12)13(14)15/h4-5,7-8H,2-3,6,9-10H2,1H3. The van der Waals surface area contributed by atoms with E-state index in [2.05, 4.69) is 6.92 Å². The lowest BCUT2D eigenvalue weighted by Crippen LogP contribution is -2.39. The number of hydrogen-bond acceptors (Lipinski definition) is 2. The Morgan fingerprint density at radius 1 is 1.31 bits per heavy atom. The molecule has 1 aliphatic rings. The summed E-state index contributed by atoms with van der Waals surface area (Å²) in [5.41, 5.74) is 0.685. The second kappa shape index (κ2) is 5.01. The fraction of sp³-hybridized carbons (Fsp3) is 0.462. The van der Waals surface area contributed by atoms with Crippen molar-refractivity contribution < 1.29 is 9.53 Å². The summed E-state index contributed by atoms with van der Waals surface area (Å²) >= 11 is 0. The van der Waals surface area contributed by atoms with Gasteiger partial charge in [-0.3, -0.25) is 4.79 Å². The molecule has 0 saturated carbocycles. The summed E-state index contributed by atoms with van der Waals surface area (Å²) < 4.78 is 5.54. The fourth-order valence-corrected chi connectivity index (χ4v) is 1.86. The first kappa shape index (κ1) is 11.0. The van der Waals surface area contributed by atoms with E-state index in [1.54, 1.807) is 4.90 Å². The van der Waals surface area contributed by atoms with Gasteiger partial charge in [-0.15, -0.1) is 0 Å². The van der Waals surface area contributed by atoms with Crippen LogP contribution in [-0.4, -0.2) is 24.1 Å². The summed E-state index contributed by atoms with van der Waals surface area (Å²) in [7, 11) is 0. The van der Waals surface area contributed by atoms with Crippen molar-refractivity contribution in [2.24, 2.45) is 0 Å². The molecule has 1 aliphatic heterocycles. The quantitative estimate of drug-likeness (QED) is 0.729. The Bertz CT molecular complexity index is 376. The molecule has 2 rings (SSSR count). The Kier molecular flexibility index (Phi) is 3.44. The molecule has 0 N–H and O–H groups in total. The number of hydrogen-bond donors (Lipinski definition) is 0. The molecule has 3 heteroatoms. The van der Waals surface area contributed by atoms with Crippen LogP contribution in [0.3, 0.4) is 0 Å². The van der Waals surface area contributed by atoms with Crippen molar-refractivity contribution in [2.75, 3.05) is 13.3 Å². The summed E-state index contributed by atoms with van der Waals surface area (Å²) in [6.07, 6.45) is 3.37. The maximum absolute atomic E-state index is 12.1. The molecule has 3 nitrogen and oxygen atoms in total. The van der Waals surface area contributed by atoms with E-state index in [1.165, 1.54) is 6.42 Å². The Morgan fingerprint density at radius 3 is 2.94 bits per heavy atom. The van der Waals surface area contributed by atoms with Crippen LogP contribution >= 0.6 is 0 Å². The van der Waals surface area contributed by atoms with Gasteiger partial charge in [0, 0.05) is 6.54 Å². The van der Waals surface area contributed by atoms with Gasteiger partial charge in [-0.25, -0.2) is 0 Å². The average molecular weight is 219 g/mol. The minimum atomic E-state index is 0.0953. The molecule has 1 amide bonds. The van der Waals surface area contributed by atoms with Crippen molar-refractivity contribution in [3.63, 3.8) is 0 Å². The average Bonchev–Trinajstić information content (AvgIpc) is 2.33. The molecular formula is C13H17NO2. The lowest BCUT2D eigenvalue weighted by Gasteiger charge is -2.28. The molecule has 0 aliphatic carbocycles. The first-order valence-electron chi connectivity index (χ1n) is 5.84. The number of rotatable bonds is 4. The largest absolute Gasteiger partial charge is 0.472 e. The van der Waals surface area contributed by atoms with Crippen LogP contribution in [0.4, 0.5) is 0 Å². The van der Waals surface area contributed by atoms with Crippen molar-refractivity contribution in [1.29, 1.82) is 0 Å². The van der Waals surface area contributed by atoms with Gasteiger partial charge in [0.05, 0.1) is 5.56 Å². The third kappa shape index (κ3) is 2.18. The van der Waals surface area contributed by atoms with Gasteiger partial charge in [-0.1, -0.05) is 31.9 Å². The van der Waals surface area contributed by atoms with Gasteiger partial charge in [-0.2, -0.15) is 0 Å². The maximum Gasteiger partial charge on any atom is 0.260 e. The van der Waals surface area contributed by atoms with Crippen molar-refractivity contribution >= 4 is 5.91 Å². The number of nitrogens with zero attached hydrogens (tertiary/aromatic N) is 1. The fourth-order valence-electron chi connectivity index (χ4n) is 1.86. The van der Waals surface area contributed by atoms with Gasteiger partial charge < -0.3 is 9.64 Å². The molecule has 0 fully saturated rings. The number of para-hydroxylation sites is 1. The molecule has 1 aromatic carbocycles. The van der Waals surface area contributed by atoms with Gasteiger partial charge in [0.1, 0.15) is 5.75 Å². The summed E-state index contributed by atoms with van der Waals surface area (Å²) in [6, 6.07) is 7.43. The van der Waals surface area contributed by atoms with Crippen molar-refractivity contribution in [2.45, 2.75) is 26.2 Å². The van der Waals surface area contributed by atoms with Crippen LogP contribution in [0.15, 0.2) is 24.3 Å². The predicted molar refractivity (Wildman–Crippen MR) is 62.5 cm³/mol. The van der Waals surface area contributed by atoms with Crippen LogP contribution in [0.1, 0.15) is 36.5 Å². The molecule has 0 saturated heterocycles. The highest BCUT2D eigenvalue weighted by molar-refractivity contribution is 5.97. The van der Waals surface area contributed by atoms with E-state index < -0.39 is 0 Å². The lowest BCUT2D eigenvalue weighted by atomic mass is 10.1. The van der Waals surface area contributed by atoms with E-state index in [4.69, 9.17) is 4.74 Å². The van der Waals surface area contributed by atoms with Crippen LogP contribution in [0.25, 0.3) is 0 Å². The first-order chi connectivity index (χ1) is 7.83. The summed E-state index contributed by atoms with van der Waals surface area (Å²) in [5, 5.41) is 0. The monoisotopic (exact) mass is 219 g/mol. The lowest BCUT2D eigenvalue weighted by molar-refractivity contribution is 0.0517. The van der Waals surface area contributed by atoms with Crippen molar-refractivity contribution in [3.8, 4) is 5.75 Å². The number of ether oxygens (including phenoxy) is 1. The number of carbonyl (C=O) groups is 1. The number of amides is 1. The number of carbonyl (C=O) groups excluding carboxylic acids is 1. The summed E-state index contributed by atoms with van der Waals surface area (Å²) in [6.45, 7) is 3.34. The molecule has 16 heavy (non-hydrogen) atoms. The minimum absolute atomic E-state index is 0.0953. The molecule has 86 valence electrons. The van der Waals surface area contributed by atoms with E-state index in [9.17, 15) is 4.79 Å². The van der Waals surface area contributed by atoms with E-state index in [0.29, 0.717) is 18.0 Å². The molecule has 0 atom stereocenters. The van der Waals surface area contributed by atoms with E-state index in [1.807, 2.05) is 24.3 Å².